The van der Waals surface area contributed by atoms with Gasteiger partial charge in [0.05, 0.1) is 0 Å². The second kappa shape index (κ2) is 7.45. The number of aryl methyl sites for hydroxylation is 1. The van der Waals surface area contributed by atoms with E-state index < -0.39 is 0 Å². The van der Waals surface area contributed by atoms with E-state index in [4.69, 9.17) is 4.98 Å². The topological polar surface area (TPSA) is 19.4 Å². The first-order valence-corrected chi connectivity index (χ1v) is 9.25. The van der Waals surface area contributed by atoms with E-state index in [0.717, 1.165) is 0 Å². The predicted molar refractivity (Wildman–Crippen MR) is 93.5 cm³/mol. The highest BCUT2D eigenvalue weighted by atomic mass is 15.2. The number of nitrogens with zero attached hydrogens (tertiary/aromatic N) is 3. The molecular formula is C19H31N3. The molecule has 0 aromatic carbocycles. The molecule has 3 heterocycles. The van der Waals surface area contributed by atoms with Crippen LogP contribution in [0.4, 0.5) is 5.82 Å². The van der Waals surface area contributed by atoms with Crippen LogP contribution in [-0.4, -0.2) is 36.1 Å². The number of piperidine rings is 2. The Balaban J connectivity index is 1.78. The summed E-state index contributed by atoms with van der Waals surface area (Å²) < 4.78 is 0. The SMILES string of the molecule is CCCN1CCCC[C@H]1c1cnc(N2CCCCC2)cc1C. The Hall–Kier alpha value is -1.09. The second-order valence-corrected chi connectivity index (χ2v) is 6.99. The lowest BCUT2D eigenvalue weighted by molar-refractivity contribution is 0.148. The Morgan fingerprint density at radius 1 is 1.09 bits per heavy atom. The van der Waals surface area contributed by atoms with Crippen molar-refractivity contribution in [1.82, 2.24) is 9.88 Å². The number of hydrogen-bond donors (Lipinski definition) is 0. The van der Waals surface area contributed by atoms with Gasteiger partial charge in [0, 0.05) is 25.3 Å². The minimum Gasteiger partial charge on any atom is -0.357 e. The molecule has 3 heteroatoms. The van der Waals surface area contributed by atoms with E-state index in [-0.39, 0.29) is 0 Å². The van der Waals surface area contributed by atoms with Gasteiger partial charge in [0.2, 0.25) is 0 Å². The number of hydrogen-bond acceptors (Lipinski definition) is 3. The van der Waals surface area contributed by atoms with Gasteiger partial charge in [0.1, 0.15) is 5.82 Å². The van der Waals surface area contributed by atoms with Gasteiger partial charge in [0.15, 0.2) is 0 Å². The summed E-state index contributed by atoms with van der Waals surface area (Å²) in [5.74, 6) is 1.19. The van der Waals surface area contributed by atoms with Gasteiger partial charge in [-0.2, -0.15) is 0 Å². The minimum absolute atomic E-state index is 0.594. The highest BCUT2D eigenvalue weighted by Crippen LogP contribution is 2.33. The van der Waals surface area contributed by atoms with E-state index in [2.05, 4.69) is 35.9 Å². The zero-order valence-corrected chi connectivity index (χ0v) is 14.4. The second-order valence-electron chi connectivity index (χ2n) is 6.99. The summed E-state index contributed by atoms with van der Waals surface area (Å²) in [4.78, 5) is 9.97. The summed E-state index contributed by atoms with van der Waals surface area (Å²) in [5.41, 5.74) is 2.90. The molecule has 22 heavy (non-hydrogen) atoms. The number of aromatic nitrogens is 1. The van der Waals surface area contributed by atoms with E-state index in [1.165, 1.54) is 88.1 Å². The lowest BCUT2D eigenvalue weighted by atomic mass is 9.93. The molecular weight excluding hydrogens is 270 g/mol. The molecule has 0 bridgehead atoms. The predicted octanol–water partition coefficient (Wildman–Crippen LogP) is 4.32. The van der Waals surface area contributed by atoms with Crippen LogP contribution in [0.3, 0.4) is 0 Å². The number of rotatable bonds is 4. The highest BCUT2D eigenvalue weighted by Gasteiger charge is 2.25. The summed E-state index contributed by atoms with van der Waals surface area (Å²) in [6, 6.07) is 2.93. The zero-order chi connectivity index (χ0) is 15.4. The molecule has 0 amide bonds. The molecule has 2 aliphatic rings. The van der Waals surface area contributed by atoms with E-state index in [1.807, 2.05) is 0 Å². The third-order valence-electron chi connectivity index (χ3n) is 5.30. The fourth-order valence-electron chi connectivity index (χ4n) is 4.09. The van der Waals surface area contributed by atoms with Crippen LogP contribution < -0.4 is 4.90 Å². The van der Waals surface area contributed by atoms with Crippen molar-refractivity contribution in [3.05, 3.63) is 23.4 Å². The first-order chi connectivity index (χ1) is 10.8. The zero-order valence-electron chi connectivity index (χ0n) is 14.4. The summed E-state index contributed by atoms with van der Waals surface area (Å²) in [6.45, 7) is 9.40. The van der Waals surface area contributed by atoms with Gasteiger partial charge in [0.25, 0.3) is 0 Å². The van der Waals surface area contributed by atoms with Crippen LogP contribution in [0, 0.1) is 6.92 Å². The maximum Gasteiger partial charge on any atom is 0.128 e. The van der Waals surface area contributed by atoms with Crippen molar-refractivity contribution >= 4 is 5.82 Å². The van der Waals surface area contributed by atoms with Gasteiger partial charge in [-0.1, -0.05) is 13.3 Å². The molecule has 0 radical (unpaired) electrons. The molecule has 2 fully saturated rings. The molecule has 3 rings (SSSR count). The van der Waals surface area contributed by atoms with E-state index in [0.29, 0.717) is 6.04 Å². The van der Waals surface area contributed by atoms with Gasteiger partial charge in [-0.15, -0.1) is 0 Å². The molecule has 2 aliphatic heterocycles. The van der Waals surface area contributed by atoms with Crippen LogP contribution in [0.1, 0.15) is 69.0 Å². The van der Waals surface area contributed by atoms with Gasteiger partial charge in [-0.25, -0.2) is 4.98 Å². The molecule has 0 aliphatic carbocycles. The quantitative estimate of drug-likeness (QED) is 0.825. The van der Waals surface area contributed by atoms with Crippen LogP contribution in [0.2, 0.25) is 0 Å². The minimum atomic E-state index is 0.594. The van der Waals surface area contributed by atoms with Crippen molar-refractivity contribution in [3.8, 4) is 0 Å². The van der Waals surface area contributed by atoms with Crippen molar-refractivity contribution in [2.75, 3.05) is 31.1 Å². The maximum atomic E-state index is 4.83. The number of anilines is 1. The summed E-state index contributed by atoms with van der Waals surface area (Å²) in [6.07, 6.45) is 11.4. The molecule has 3 nitrogen and oxygen atoms in total. The third kappa shape index (κ3) is 3.45. The highest BCUT2D eigenvalue weighted by molar-refractivity contribution is 5.44. The first kappa shape index (κ1) is 15.8. The van der Waals surface area contributed by atoms with Crippen LogP contribution in [0.25, 0.3) is 0 Å². The Labute approximate surface area is 135 Å². The maximum absolute atomic E-state index is 4.83. The van der Waals surface area contributed by atoms with Crippen molar-refractivity contribution in [2.24, 2.45) is 0 Å². The molecule has 0 unspecified atom stereocenters. The fraction of sp³-hybridized carbons (Fsp3) is 0.737. The fourth-order valence-corrected chi connectivity index (χ4v) is 4.09. The van der Waals surface area contributed by atoms with Gasteiger partial charge in [-0.3, -0.25) is 4.90 Å². The molecule has 2 saturated heterocycles. The van der Waals surface area contributed by atoms with Crippen molar-refractivity contribution in [3.63, 3.8) is 0 Å². The number of pyridine rings is 1. The van der Waals surface area contributed by atoms with E-state index >= 15 is 0 Å². The lowest BCUT2D eigenvalue weighted by Crippen LogP contribution is -2.34. The van der Waals surface area contributed by atoms with Crippen LogP contribution in [0.5, 0.6) is 0 Å². The van der Waals surface area contributed by atoms with Crippen molar-refractivity contribution < 1.29 is 0 Å². The van der Waals surface area contributed by atoms with Gasteiger partial charge in [-0.05, 0) is 75.7 Å². The summed E-state index contributed by atoms with van der Waals surface area (Å²) in [5, 5.41) is 0. The lowest BCUT2D eigenvalue weighted by Gasteiger charge is -2.37. The Morgan fingerprint density at radius 2 is 1.86 bits per heavy atom. The molecule has 0 N–H and O–H groups in total. The molecule has 1 atom stereocenters. The number of likely N-dealkylation sites (tertiary alicyclic amines) is 1. The summed E-state index contributed by atoms with van der Waals surface area (Å²) >= 11 is 0. The first-order valence-electron chi connectivity index (χ1n) is 9.25. The van der Waals surface area contributed by atoms with Crippen LogP contribution in [-0.2, 0) is 0 Å². The Kier molecular flexibility index (Phi) is 5.35. The van der Waals surface area contributed by atoms with E-state index in [9.17, 15) is 0 Å². The average Bonchev–Trinajstić information content (AvgIpc) is 2.57. The molecule has 0 saturated carbocycles. The van der Waals surface area contributed by atoms with Crippen LogP contribution >= 0.6 is 0 Å². The van der Waals surface area contributed by atoms with Gasteiger partial charge >= 0.3 is 0 Å². The molecule has 0 spiro atoms. The normalized spacial score (nSPS) is 23.7. The van der Waals surface area contributed by atoms with Gasteiger partial charge < -0.3 is 4.90 Å². The average molecular weight is 301 g/mol. The Morgan fingerprint density at radius 3 is 2.59 bits per heavy atom. The van der Waals surface area contributed by atoms with Crippen molar-refractivity contribution in [1.29, 1.82) is 0 Å². The monoisotopic (exact) mass is 301 g/mol. The molecule has 122 valence electrons. The smallest absolute Gasteiger partial charge is 0.128 e. The molecule has 1 aromatic heterocycles. The Bertz CT molecular complexity index is 478. The van der Waals surface area contributed by atoms with Crippen molar-refractivity contribution in [2.45, 2.75) is 64.8 Å². The molecule has 1 aromatic rings. The van der Waals surface area contributed by atoms with Crippen LogP contribution in [0.15, 0.2) is 12.3 Å². The van der Waals surface area contributed by atoms with E-state index in [1.54, 1.807) is 0 Å². The third-order valence-corrected chi connectivity index (χ3v) is 5.30. The largest absolute Gasteiger partial charge is 0.357 e. The standard InChI is InChI=1S/C19H31N3/c1-3-10-21-11-8-5-9-18(21)17-15-20-19(14-16(17)2)22-12-6-4-7-13-22/h14-15,18H,3-13H2,1-2H3/t18-/m0/s1. The summed E-state index contributed by atoms with van der Waals surface area (Å²) in [7, 11) is 0.